The summed E-state index contributed by atoms with van der Waals surface area (Å²) in [5.41, 5.74) is 0.769. The molecule has 5 rings (SSSR count). The highest BCUT2D eigenvalue weighted by molar-refractivity contribution is 5.47. The van der Waals surface area contributed by atoms with Gasteiger partial charge in [-0.05, 0) is 32.5 Å². The third-order valence-electron chi connectivity index (χ3n) is 5.37. The highest BCUT2D eigenvalue weighted by atomic mass is 16.5. The molecule has 10 nitrogen and oxygen atoms in total. The molecule has 1 atom stereocenters. The van der Waals surface area contributed by atoms with Crippen molar-refractivity contribution < 1.29 is 9.26 Å². The van der Waals surface area contributed by atoms with Gasteiger partial charge in [0.15, 0.2) is 17.3 Å². The van der Waals surface area contributed by atoms with E-state index in [0.29, 0.717) is 25.1 Å². The van der Waals surface area contributed by atoms with Crippen LogP contribution in [0.5, 0.6) is 0 Å². The first-order valence-electron chi connectivity index (χ1n) is 9.22. The molecule has 0 saturated carbocycles. The molecular formula is C17H22N8O2. The van der Waals surface area contributed by atoms with E-state index >= 15 is 0 Å². The lowest BCUT2D eigenvalue weighted by molar-refractivity contribution is 0.187. The smallest absolute Gasteiger partial charge is 0.232 e. The van der Waals surface area contributed by atoms with E-state index in [4.69, 9.17) is 9.26 Å². The van der Waals surface area contributed by atoms with Crippen molar-refractivity contribution >= 4 is 11.5 Å². The molecule has 5 heterocycles. The second-order valence-corrected chi connectivity index (χ2v) is 7.29. The Hall–Kier alpha value is -2.59. The molecule has 0 aliphatic carbocycles. The van der Waals surface area contributed by atoms with Gasteiger partial charge in [0.1, 0.15) is 5.82 Å². The average Bonchev–Trinajstić information content (AvgIpc) is 3.35. The number of aryl methyl sites for hydroxylation is 1. The lowest BCUT2D eigenvalue weighted by atomic mass is 10.1. The molecule has 3 aromatic rings. The predicted octanol–water partition coefficient (Wildman–Crippen LogP) is 0.640. The third-order valence-corrected chi connectivity index (χ3v) is 5.37. The quantitative estimate of drug-likeness (QED) is 0.641. The van der Waals surface area contributed by atoms with Crippen molar-refractivity contribution in [1.29, 1.82) is 0 Å². The number of nitrogens with zero attached hydrogens (tertiary/aromatic N) is 8. The fourth-order valence-electron chi connectivity index (χ4n) is 3.56. The number of anilines is 1. The Morgan fingerprint density at radius 3 is 2.96 bits per heavy atom. The van der Waals surface area contributed by atoms with Gasteiger partial charge < -0.3 is 14.2 Å². The summed E-state index contributed by atoms with van der Waals surface area (Å²) in [7, 11) is 2.09. The molecule has 0 radical (unpaired) electrons. The summed E-state index contributed by atoms with van der Waals surface area (Å²) < 4.78 is 12.6. The standard InChI is InChI=1S/C17H22N8O2/c1-11-19-20-15-3-4-16(21-25(11)15)24-7-13(8-24)23(2)9-14-18-17(27-22-14)12-5-6-26-10-12/h3-4,12-13H,5-10H2,1-2H3. The van der Waals surface area contributed by atoms with Crippen LogP contribution in [0.3, 0.4) is 0 Å². The fraction of sp³-hybridized carbons (Fsp3) is 0.588. The molecule has 10 heteroatoms. The van der Waals surface area contributed by atoms with Crippen molar-refractivity contribution in [3.63, 3.8) is 0 Å². The van der Waals surface area contributed by atoms with Crippen LogP contribution >= 0.6 is 0 Å². The van der Waals surface area contributed by atoms with Gasteiger partial charge in [0.2, 0.25) is 5.89 Å². The number of aromatic nitrogens is 6. The normalized spacial score (nSPS) is 20.7. The third kappa shape index (κ3) is 3.04. The Labute approximate surface area is 156 Å². The van der Waals surface area contributed by atoms with Crippen molar-refractivity contribution in [3.8, 4) is 0 Å². The molecule has 27 heavy (non-hydrogen) atoms. The van der Waals surface area contributed by atoms with Crippen LogP contribution < -0.4 is 4.90 Å². The summed E-state index contributed by atoms with van der Waals surface area (Å²) in [6.07, 6.45) is 0.957. The van der Waals surface area contributed by atoms with Gasteiger partial charge in [-0.1, -0.05) is 5.16 Å². The minimum atomic E-state index is 0.248. The summed E-state index contributed by atoms with van der Waals surface area (Å²) in [4.78, 5) is 9.06. The summed E-state index contributed by atoms with van der Waals surface area (Å²) in [5, 5.41) is 16.9. The van der Waals surface area contributed by atoms with Crippen LogP contribution in [0.25, 0.3) is 5.65 Å². The Bertz CT molecular complexity index is 941. The van der Waals surface area contributed by atoms with Crippen molar-refractivity contribution in [2.24, 2.45) is 0 Å². The molecule has 0 spiro atoms. The number of fused-ring (bicyclic) bond motifs is 1. The van der Waals surface area contributed by atoms with Crippen LogP contribution in [-0.4, -0.2) is 74.2 Å². The van der Waals surface area contributed by atoms with Crippen molar-refractivity contribution in [1.82, 2.24) is 34.9 Å². The van der Waals surface area contributed by atoms with Crippen molar-refractivity contribution in [2.75, 3.05) is 38.3 Å². The molecule has 0 N–H and O–H groups in total. The van der Waals surface area contributed by atoms with Crippen LogP contribution in [0.1, 0.15) is 29.9 Å². The predicted molar refractivity (Wildman–Crippen MR) is 95.5 cm³/mol. The summed E-state index contributed by atoms with van der Waals surface area (Å²) in [6, 6.07) is 4.38. The largest absolute Gasteiger partial charge is 0.381 e. The van der Waals surface area contributed by atoms with Gasteiger partial charge in [-0.25, -0.2) is 0 Å². The first-order valence-corrected chi connectivity index (χ1v) is 9.22. The fourth-order valence-corrected chi connectivity index (χ4v) is 3.56. The lowest BCUT2D eigenvalue weighted by Crippen LogP contribution is -2.58. The molecule has 1 unspecified atom stereocenters. The van der Waals surface area contributed by atoms with E-state index < -0.39 is 0 Å². The zero-order valence-corrected chi connectivity index (χ0v) is 15.4. The van der Waals surface area contributed by atoms with E-state index in [1.807, 2.05) is 19.1 Å². The summed E-state index contributed by atoms with van der Waals surface area (Å²) in [5.74, 6) is 3.42. The molecule has 142 valence electrons. The summed E-state index contributed by atoms with van der Waals surface area (Å²) >= 11 is 0. The molecule has 2 fully saturated rings. The van der Waals surface area contributed by atoms with Gasteiger partial charge in [0, 0.05) is 25.7 Å². The molecule has 2 aliphatic rings. The van der Waals surface area contributed by atoms with Crippen LogP contribution in [0.15, 0.2) is 16.7 Å². The maximum absolute atomic E-state index is 5.41. The zero-order chi connectivity index (χ0) is 18.4. The van der Waals surface area contributed by atoms with Gasteiger partial charge >= 0.3 is 0 Å². The molecule has 2 saturated heterocycles. The van der Waals surface area contributed by atoms with E-state index in [1.54, 1.807) is 4.52 Å². The van der Waals surface area contributed by atoms with Crippen LogP contribution in [0, 0.1) is 6.92 Å². The topological polar surface area (TPSA) is 97.7 Å². The molecule has 0 aromatic carbocycles. The minimum absolute atomic E-state index is 0.248. The zero-order valence-electron chi connectivity index (χ0n) is 15.4. The van der Waals surface area contributed by atoms with E-state index in [2.05, 4.69) is 42.3 Å². The van der Waals surface area contributed by atoms with Crippen LogP contribution in [0.2, 0.25) is 0 Å². The Morgan fingerprint density at radius 1 is 1.26 bits per heavy atom. The Morgan fingerprint density at radius 2 is 2.15 bits per heavy atom. The van der Waals surface area contributed by atoms with Crippen LogP contribution in [-0.2, 0) is 11.3 Å². The first kappa shape index (κ1) is 16.6. The van der Waals surface area contributed by atoms with Gasteiger partial charge in [-0.2, -0.15) is 9.50 Å². The van der Waals surface area contributed by atoms with E-state index in [9.17, 15) is 0 Å². The maximum atomic E-state index is 5.41. The Balaban J connectivity index is 1.19. The van der Waals surface area contributed by atoms with Gasteiger partial charge in [0.25, 0.3) is 0 Å². The van der Waals surface area contributed by atoms with E-state index in [0.717, 1.165) is 49.2 Å². The molecular weight excluding hydrogens is 348 g/mol. The number of hydrogen-bond donors (Lipinski definition) is 0. The number of hydrogen-bond acceptors (Lipinski definition) is 9. The maximum Gasteiger partial charge on any atom is 0.232 e. The lowest BCUT2D eigenvalue weighted by Gasteiger charge is -2.44. The number of ether oxygens (including phenoxy) is 1. The highest BCUT2D eigenvalue weighted by Gasteiger charge is 2.32. The first-order chi connectivity index (χ1) is 13.2. The average molecular weight is 370 g/mol. The molecule has 3 aromatic heterocycles. The molecule has 0 bridgehead atoms. The van der Waals surface area contributed by atoms with Crippen LogP contribution in [0.4, 0.5) is 5.82 Å². The monoisotopic (exact) mass is 370 g/mol. The second kappa shape index (κ2) is 6.54. The molecule has 2 aliphatic heterocycles. The van der Waals surface area contributed by atoms with Gasteiger partial charge in [0.05, 0.1) is 19.1 Å². The Kier molecular flexibility index (Phi) is 4.01. The minimum Gasteiger partial charge on any atom is -0.381 e. The molecule has 0 amide bonds. The summed E-state index contributed by atoms with van der Waals surface area (Å²) in [6.45, 7) is 5.86. The second-order valence-electron chi connectivity index (χ2n) is 7.29. The van der Waals surface area contributed by atoms with Crippen molar-refractivity contribution in [3.05, 3.63) is 29.7 Å². The number of rotatable bonds is 5. The highest BCUT2D eigenvalue weighted by Crippen LogP contribution is 2.25. The van der Waals surface area contributed by atoms with Gasteiger partial charge in [-0.3, -0.25) is 4.90 Å². The van der Waals surface area contributed by atoms with E-state index in [-0.39, 0.29) is 5.92 Å². The van der Waals surface area contributed by atoms with E-state index in [1.165, 1.54) is 0 Å². The SMILES string of the molecule is Cc1nnc2ccc(N3CC(N(C)Cc4noc(C5CCOC5)n4)C3)nn12. The van der Waals surface area contributed by atoms with Gasteiger partial charge in [-0.15, -0.1) is 15.3 Å². The van der Waals surface area contributed by atoms with Crippen molar-refractivity contribution in [2.45, 2.75) is 31.8 Å². The number of likely N-dealkylation sites (N-methyl/N-ethyl adjacent to an activating group) is 1.